The predicted octanol–water partition coefficient (Wildman–Crippen LogP) is 5.89. The van der Waals surface area contributed by atoms with Crippen LogP contribution in [0.15, 0.2) is 36.4 Å². The molecule has 2 N–H and O–H groups in total. The van der Waals surface area contributed by atoms with Crippen molar-refractivity contribution in [1.82, 2.24) is 15.1 Å². The van der Waals surface area contributed by atoms with Crippen LogP contribution in [0.1, 0.15) is 65.8 Å². The summed E-state index contributed by atoms with van der Waals surface area (Å²) in [5.74, 6) is 0.702. The Bertz CT molecular complexity index is 1190. The normalized spacial score (nSPS) is 15.0. The number of amides is 1. The molecule has 3 aromatic rings. The number of aromatic nitrogens is 2. The van der Waals surface area contributed by atoms with Gasteiger partial charge in [0.25, 0.3) is 5.91 Å². The molecule has 2 aromatic carbocycles. The lowest BCUT2D eigenvalue weighted by atomic mass is 9.95. The number of halogens is 1. The molecular weight excluding hydrogens is 466 g/mol. The van der Waals surface area contributed by atoms with Crippen molar-refractivity contribution >= 4 is 17.5 Å². The summed E-state index contributed by atoms with van der Waals surface area (Å²) < 4.78 is 11.2. The highest BCUT2D eigenvalue weighted by Crippen LogP contribution is 2.45. The third kappa shape index (κ3) is 5.16. The van der Waals surface area contributed by atoms with Crippen LogP contribution in [-0.2, 0) is 4.74 Å². The highest BCUT2D eigenvalue weighted by molar-refractivity contribution is 6.31. The van der Waals surface area contributed by atoms with Gasteiger partial charge >= 0.3 is 0 Å². The van der Waals surface area contributed by atoms with E-state index in [1.54, 1.807) is 19.2 Å². The maximum atomic E-state index is 13.4. The molecule has 0 radical (unpaired) electrons. The first kappa shape index (κ1) is 25.1. The third-order valence-corrected chi connectivity index (χ3v) is 6.74. The van der Waals surface area contributed by atoms with Gasteiger partial charge in [0, 0.05) is 36.4 Å². The molecule has 0 aliphatic carbocycles. The molecule has 186 valence electrons. The standard InChI is InChI=1S/C27H32ClN3O4/c1-4-5-6-13-35-19-10-7-9-18(15-19)26-23-24(20-16-21(28)17(2)14-22(20)32)29-30-25(23)27(33)31(26)11-8-12-34-3/h7,9-10,14-16,26,32H,4-6,8,11-13H2,1-3H3,(H,29,30). The fourth-order valence-corrected chi connectivity index (χ4v) is 4.69. The molecule has 8 heteroatoms. The van der Waals surface area contributed by atoms with E-state index in [1.807, 2.05) is 36.1 Å². The lowest BCUT2D eigenvalue weighted by Gasteiger charge is -2.26. The number of nitrogens with zero attached hydrogens (tertiary/aromatic N) is 2. The molecule has 35 heavy (non-hydrogen) atoms. The summed E-state index contributed by atoms with van der Waals surface area (Å²) in [6.07, 6.45) is 3.94. The fourth-order valence-electron chi connectivity index (χ4n) is 4.53. The van der Waals surface area contributed by atoms with Crippen molar-refractivity contribution in [3.8, 4) is 22.8 Å². The summed E-state index contributed by atoms with van der Waals surface area (Å²) in [5, 5.41) is 18.6. The number of hydrogen-bond acceptors (Lipinski definition) is 5. The fraction of sp³-hybridized carbons (Fsp3) is 0.407. The smallest absolute Gasteiger partial charge is 0.273 e. The van der Waals surface area contributed by atoms with E-state index in [2.05, 4.69) is 17.1 Å². The number of aromatic hydroxyl groups is 1. The quantitative estimate of drug-likeness (QED) is 0.322. The first-order valence-corrected chi connectivity index (χ1v) is 12.4. The zero-order chi connectivity index (χ0) is 24.9. The molecule has 0 fully saturated rings. The Hall–Kier alpha value is -3.03. The van der Waals surface area contributed by atoms with Gasteiger partial charge in [-0.15, -0.1) is 0 Å². The van der Waals surface area contributed by atoms with Gasteiger partial charge in [-0.25, -0.2) is 0 Å². The van der Waals surface area contributed by atoms with Gasteiger partial charge in [0.1, 0.15) is 22.9 Å². The topological polar surface area (TPSA) is 87.7 Å². The van der Waals surface area contributed by atoms with E-state index < -0.39 is 0 Å². The second-order valence-corrected chi connectivity index (χ2v) is 9.26. The van der Waals surface area contributed by atoms with Gasteiger partial charge in [-0.05, 0) is 55.2 Å². The Morgan fingerprint density at radius 3 is 2.77 bits per heavy atom. The average molecular weight is 498 g/mol. The number of phenolic OH excluding ortho intramolecular Hbond substituents is 1. The van der Waals surface area contributed by atoms with Gasteiger partial charge in [-0.3, -0.25) is 9.89 Å². The Balaban J connectivity index is 1.76. The SMILES string of the molecule is CCCCCOc1cccc(C2c3c(-c4cc(Cl)c(C)cc4O)n[nH]c3C(=O)N2CCCOC)c1. The van der Waals surface area contributed by atoms with E-state index in [0.717, 1.165) is 41.7 Å². The summed E-state index contributed by atoms with van der Waals surface area (Å²) >= 11 is 6.38. The molecule has 0 spiro atoms. The number of hydrogen-bond donors (Lipinski definition) is 2. The van der Waals surface area contributed by atoms with Crippen molar-refractivity contribution in [2.75, 3.05) is 26.9 Å². The van der Waals surface area contributed by atoms with Crippen LogP contribution in [0.2, 0.25) is 5.02 Å². The molecule has 1 aliphatic rings. The molecule has 1 aliphatic heterocycles. The van der Waals surface area contributed by atoms with Crippen LogP contribution in [0.5, 0.6) is 11.5 Å². The first-order chi connectivity index (χ1) is 17.0. The van der Waals surface area contributed by atoms with E-state index in [-0.39, 0.29) is 17.7 Å². The van der Waals surface area contributed by atoms with E-state index in [4.69, 9.17) is 21.1 Å². The number of benzene rings is 2. The highest BCUT2D eigenvalue weighted by atomic mass is 35.5. The van der Waals surface area contributed by atoms with E-state index in [9.17, 15) is 9.90 Å². The van der Waals surface area contributed by atoms with Crippen LogP contribution in [-0.4, -0.2) is 53.0 Å². The lowest BCUT2D eigenvalue weighted by molar-refractivity contribution is 0.0723. The number of rotatable bonds is 11. The minimum absolute atomic E-state index is 0.0678. The second-order valence-electron chi connectivity index (χ2n) is 8.85. The molecule has 0 saturated heterocycles. The summed E-state index contributed by atoms with van der Waals surface area (Å²) in [6.45, 7) is 5.70. The molecule has 1 amide bonds. The van der Waals surface area contributed by atoms with Gasteiger partial charge in [0.05, 0.1) is 12.6 Å². The average Bonchev–Trinajstić information content (AvgIpc) is 3.38. The number of aryl methyl sites for hydroxylation is 1. The Morgan fingerprint density at radius 1 is 1.17 bits per heavy atom. The van der Waals surface area contributed by atoms with Gasteiger partial charge in [0.15, 0.2) is 0 Å². The Labute approximate surface area is 211 Å². The van der Waals surface area contributed by atoms with Crippen molar-refractivity contribution in [2.45, 2.75) is 45.6 Å². The molecular formula is C27H32ClN3O4. The zero-order valence-electron chi connectivity index (χ0n) is 20.4. The van der Waals surface area contributed by atoms with Crippen molar-refractivity contribution in [3.63, 3.8) is 0 Å². The minimum Gasteiger partial charge on any atom is -0.507 e. The number of carbonyl (C=O) groups excluding carboxylic acids is 1. The van der Waals surface area contributed by atoms with E-state index in [0.29, 0.717) is 48.2 Å². The van der Waals surface area contributed by atoms with Crippen LogP contribution in [0, 0.1) is 6.92 Å². The molecule has 1 unspecified atom stereocenters. The molecule has 4 rings (SSSR count). The molecule has 1 aromatic heterocycles. The second kappa shape index (κ2) is 11.1. The summed E-state index contributed by atoms with van der Waals surface area (Å²) in [6, 6.07) is 10.8. The van der Waals surface area contributed by atoms with Crippen molar-refractivity contribution < 1.29 is 19.4 Å². The Morgan fingerprint density at radius 2 is 2.00 bits per heavy atom. The Kier molecular flexibility index (Phi) is 7.98. The first-order valence-electron chi connectivity index (χ1n) is 12.1. The number of aromatic amines is 1. The summed E-state index contributed by atoms with van der Waals surface area (Å²) in [5.41, 5.74) is 3.84. The number of H-pyrrole nitrogens is 1. The van der Waals surface area contributed by atoms with Crippen LogP contribution < -0.4 is 4.74 Å². The maximum absolute atomic E-state index is 13.4. The highest BCUT2D eigenvalue weighted by Gasteiger charge is 2.42. The number of fused-ring (bicyclic) bond motifs is 1. The van der Waals surface area contributed by atoms with Gasteiger partial charge in [0.2, 0.25) is 0 Å². The zero-order valence-corrected chi connectivity index (χ0v) is 21.2. The number of carbonyl (C=O) groups is 1. The van der Waals surface area contributed by atoms with Crippen molar-refractivity contribution in [2.24, 2.45) is 0 Å². The number of nitrogens with one attached hydrogen (secondary N) is 1. The van der Waals surface area contributed by atoms with Gasteiger partial charge in [-0.1, -0.05) is 43.5 Å². The maximum Gasteiger partial charge on any atom is 0.273 e. The van der Waals surface area contributed by atoms with Crippen LogP contribution in [0.4, 0.5) is 0 Å². The summed E-state index contributed by atoms with van der Waals surface area (Å²) in [4.78, 5) is 15.3. The number of ether oxygens (including phenoxy) is 2. The minimum atomic E-state index is -0.387. The van der Waals surface area contributed by atoms with E-state index >= 15 is 0 Å². The van der Waals surface area contributed by atoms with Crippen LogP contribution in [0.3, 0.4) is 0 Å². The molecule has 2 heterocycles. The third-order valence-electron chi connectivity index (χ3n) is 6.33. The largest absolute Gasteiger partial charge is 0.507 e. The summed E-state index contributed by atoms with van der Waals surface area (Å²) in [7, 11) is 1.65. The molecule has 0 bridgehead atoms. The number of phenols is 1. The number of unbranched alkanes of at least 4 members (excludes halogenated alkanes) is 2. The molecule has 7 nitrogen and oxygen atoms in total. The van der Waals surface area contributed by atoms with Gasteiger partial charge < -0.3 is 19.5 Å². The van der Waals surface area contributed by atoms with Crippen molar-refractivity contribution in [3.05, 3.63) is 63.8 Å². The van der Waals surface area contributed by atoms with Crippen molar-refractivity contribution in [1.29, 1.82) is 0 Å². The number of methoxy groups -OCH3 is 1. The lowest BCUT2D eigenvalue weighted by Crippen LogP contribution is -2.31. The van der Waals surface area contributed by atoms with Gasteiger partial charge in [-0.2, -0.15) is 5.10 Å². The predicted molar refractivity (Wildman–Crippen MR) is 136 cm³/mol. The molecule has 0 saturated carbocycles. The van der Waals surface area contributed by atoms with E-state index in [1.165, 1.54) is 0 Å². The van der Waals surface area contributed by atoms with Crippen LogP contribution >= 0.6 is 11.6 Å². The molecule has 1 atom stereocenters. The van der Waals surface area contributed by atoms with Crippen LogP contribution in [0.25, 0.3) is 11.3 Å². The monoisotopic (exact) mass is 497 g/mol.